The van der Waals surface area contributed by atoms with Crippen LogP contribution in [-0.2, 0) is 6.18 Å². The first kappa shape index (κ1) is 38.6. The second kappa shape index (κ2) is 16.4. The predicted octanol–water partition coefficient (Wildman–Crippen LogP) is 4.25. The van der Waals surface area contributed by atoms with E-state index in [0.717, 1.165) is 12.3 Å². The molecule has 1 saturated heterocycles. The highest BCUT2D eigenvalue weighted by Gasteiger charge is 2.31. The minimum Gasteiger partial charge on any atom is -0.497 e. The molecule has 284 valence electrons. The van der Waals surface area contributed by atoms with Gasteiger partial charge in [-0.15, -0.1) is 0 Å². The third-order valence-corrected chi connectivity index (χ3v) is 8.18. The number of amides is 2. The van der Waals surface area contributed by atoms with Crippen molar-refractivity contribution in [2.75, 3.05) is 75.6 Å². The van der Waals surface area contributed by atoms with Crippen LogP contribution in [0.1, 0.15) is 26.3 Å². The van der Waals surface area contributed by atoms with Crippen molar-refractivity contribution in [2.24, 2.45) is 11.6 Å². The topological polar surface area (TPSA) is 185 Å². The summed E-state index contributed by atoms with van der Waals surface area (Å²) in [5.74, 6) is 8.41. The molecule has 0 aliphatic carbocycles. The molecule has 7 N–H and O–H groups in total. The summed E-state index contributed by atoms with van der Waals surface area (Å²) in [4.78, 5) is 34.8. The van der Waals surface area contributed by atoms with E-state index < -0.39 is 23.3 Å². The number of methoxy groups -OCH3 is 2. The van der Waals surface area contributed by atoms with E-state index in [-0.39, 0.29) is 18.3 Å². The van der Waals surface area contributed by atoms with Gasteiger partial charge in [-0.05, 0) is 56.7 Å². The number of hydrogen-bond acceptors (Lipinski definition) is 13. The molecule has 2 amide bonds. The van der Waals surface area contributed by atoms with Crippen LogP contribution in [0.4, 0.5) is 35.5 Å². The molecule has 1 aromatic carbocycles. The minimum atomic E-state index is -4.41. The van der Waals surface area contributed by atoms with Gasteiger partial charge in [-0.3, -0.25) is 10.2 Å². The Morgan fingerprint density at radius 2 is 1.68 bits per heavy atom. The van der Waals surface area contributed by atoms with Crippen LogP contribution in [0.3, 0.4) is 0 Å². The zero-order valence-electron chi connectivity index (χ0n) is 30.3. The normalized spacial score (nSPS) is 14.2. The molecule has 4 aromatic rings. The minimum absolute atomic E-state index is 0.193. The van der Waals surface area contributed by atoms with Gasteiger partial charge in [0, 0.05) is 86.1 Å². The van der Waals surface area contributed by atoms with Crippen molar-refractivity contribution in [2.45, 2.75) is 32.5 Å². The van der Waals surface area contributed by atoms with Crippen molar-refractivity contribution in [1.29, 1.82) is 0 Å². The first-order valence-electron chi connectivity index (χ1n) is 16.8. The van der Waals surface area contributed by atoms with Crippen molar-refractivity contribution >= 4 is 34.6 Å². The highest BCUT2D eigenvalue weighted by Crippen LogP contribution is 2.35. The number of alkyl halides is 3. The lowest BCUT2D eigenvalue weighted by atomic mass is 10.0. The Bertz CT molecular complexity index is 1890. The number of hydrogen-bond donors (Lipinski definition) is 5. The number of ether oxygens (including phenoxy) is 2. The van der Waals surface area contributed by atoms with Crippen LogP contribution >= 0.6 is 0 Å². The summed E-state index contributed by atoms with van der Waals surface area (Å²) in [6, 6.07) is 9.23. The van der Waals surface area contributed by atoms with Gasteiger partial charge in [0.1, 0.15) is 23.1 Å². The standard InChI is InChI=1S/C35H45F3N12O3/c1-34(2,3)47-33(51)46-31-28(22-14-26(52-4)17-27(15-22)53-5)16-23-18-42-32(45-30(23)44-31)43-20-25(39)21-50(40)13-10-48-8-11-49(12-9-48)29-7-6-24(19-41-29)35(36,37)38/h6-7,14-19,21H,8-13,20,39-40H2,1-5H3,(H3,42,43,44,45,46,47,51)/b25-21-. The Kier molecular flexibility index (Phi) is 11.9. The van der Waals surface area contributed by atoms with Gasteiger partial charge in [0.25, 0.3) is 0 Å². The Labute approximate surface area is 305 Å². The van der Waals surface area contributed by atoms with E-state index in [2.05, 4.69) is 35.8 Å². The number of carbonyl (C=O) groups is 1. The van der Waals surface area contributed by atoms with Crippen LogP contribution in [-0.4, -0.2) is 101 Å². The molecule has 53 heavy (non-hydrogen) atoms. The third-order valence-electron chi connectivity index (χ3n) is 8.18. The van der Waals surface area contributed by atoms with Crippen molar-refractivity contribution in [3.8, 4) is 22.6 Å². The predicted molar refractivity (Wildman–Crippen MR) is 197 cm³/mol. The number of pyridine rings is 2. The quantitative estimate of drug-likeness (QED) is 0.103. The summed E-state index contributed by atoms with van der Waals surface area (Å²) < 4.78 is 49.5. The number of fused-ring (bicyclic) bond motifs is 1. The van der Waals surface area contributed by atoms with E-state index in [4.69, 9.17) is 26.0 Å². The Hall–Kier alpha value is -5.62. The smallest absolute Gasteiger partial charge is 0.417 e. The van der Waals surface area contributed by atoms with Gasteiger partial charge in [0.05, 0.1) is 26.3 Å². The molecule has 15 nitrogen and oxygen atoms in total. The van der Waals surface area contributed by atoms with Crippen LogP contribution in [0.15, 0.2) is 60.7 Å². The van der Waals surface area contributed by atoms with Gasteiger partial charge < -0.3 is 35.7 Å². The number of aromatic nitrogens is 4. The number of nitrogens with zero attached hydrogens (tertiary/aromatic N) is 7. The fourth-order valence-corrected chi connectivity index (χ4v) is 5.51. The summed E-state index contributed by atoms with van der Waals surface area (Å²) in [5, 5.41) is 11.0. The van der Waals surface area contributed by atoms with E-state index >= 15 is 0 Å². The molecule has 1 aliphatic heterocycles. The highest BCUT2D eigenvalue weighted by atomic mass is 19.4. The lowest BCUT2D eigenvalue weighted by Gasteiger charge is -2.36. The summed E-state index contributed by atoms with van der Waals surface area (Å²) >= 11 is 0. The van der Waals surface area contributed by atoms with Crippen LogP contribution in [0, 0.1) is 0 Å². The number of carbonyl (C=O) groups excluding carboxylic acids is 1. The summed E-state index contributed by atoms with van der Waals surface area (Å²) in [6.45, 7) is 9.65. The Balaban J connectivity index is 1.20. The first-order valence-corrected chi connectivity index (χ1v) is 16.8. The Morgan fingerprint density at radius 3 is 2.28 bits per heavy atom. The van der Waals surface area contributed by atoms with Gasteiger partial charge in [-0.2, -0.15) is 18.2 Å². The van der Waals surface area contributed by atoms with Crippen LogP contribution in [0.25, 0.3) is 22.2 Å². The maximum atomic E-state index is 12.9. The fourth-order valence-electron chi connectivity index (χ4n) is 5.51. The van der Waals surface area contributed by atoms with E-state index in [1.54, 1.807) is 32.7 Å². The van der Waals surface area contributed by atoms with Gasteiger partial charge in [-0.1, -0.05) is 0 Å². The van der Waals surface area contributed by atoms with Gasteiger partial charge in [0.15, 0.2) is 5.65 Å². The number of piperazine rings is 1. The number of urea groups is 1. The molecular formula is C35H45F3N12O3. The fraction of sp³-hybridized carbons (Fsp3) is 0.400. The molecule has 4 heterocycles. The number of rotatable bonds is 12. The molecule has 3 aromatic heterocycles. The largest absolute Gasteiger partial charge is 0.497 e. The second-order valence-electron chi connectivity index (χ2n) is 13.4. The average molecular weight is 739 g/mol. The van der Waals surface area contributed by atoms with E-state index in [9.17, 15) is 18.0 Å². The lowest BCUT2D eigenvalue weighted by molar-refractivity contribution is -0.137. The van der Waals surface area contributed by atoms with Crippen LogP contribution in [0.5, 0.6) is 11.5 Å². The Morgan fingerprint density at radius 1 is 0.981 bits per heavy atom. The van der Waals surface area contributed by atoms with Gasteiger partial charge >= 0.3 is 12.2 Å². The number of halogens is 3. The van der Waals surface area contributed by atoms with Crippen molar-refractivity contribution in [3.63, 3.8) is 0 Å². The molecule has 18 heteroatoms. The molecule has 0 radical (unpaired) electrons. The monoisotopic (exact) mass is 738 g/mol. The van der Waals surface area contributed by atoms with E-state index in [1.165, 1.54) is 11.1 Å². The zero-order valence-corrected chi connectivity index (χ0v) is 30.3. The highest BCUT2D eigenvalue weighted by molar-refractivity contribution is 5.96. The average Bonchev–Trinajstić information content (AvgIpc) is 3.11. The van der Waals surface area contributed by atoms with Gasteiger partial charge in [-0.25, -0.2) is 25.6 Å². The second-order valence-corrected chi connectivity index (χ2v) is 13.4. The van der Waals surface area contributed by atoms with E-state index in [0.29, 0.717) is 84.4 Å². The summed E-state index contributed by atoms with van der Waals surface area (Å²) in [7, 11) is 3.12. The van der Waals surface area contributed by atoms with Crippen molar-refractivity contribution in [1.82, 2.24) is 35.2 Å². The lowest BCUT2D eigenvalue weighted by Crippen LogP contribution is -2.49. The maximum Gasteiger partial charge on any atom is 0.417 e. The number of benzene rings is 1. The van der Waals surface area contributed by atoms with Crippen LogP contribution < -0.4 is 41.9 Å². The van der Waals surface area contributed by atoms with Crippen molar-refractivity contribution < 1.29 is 27.4 Å². The van der Waals surface area contributed by atoms with E-state index in [1.807, 2.05) is 43.9 Å². The maximum absolute atomic E-state index is 12.9. The number of nitrogens with two attached hydrogens (primary N) is 2. The molecule has 0 atom stereocenters. The summed E-state index contributed by atoms with van der Waals surface area (Å²) in [6.07, 6.45) is -0.298. The molecule has 0 unspecified atom stereocenters. The number of hydrazine groups is 1. The molecule has 5 rings (SSSR count). The molecule has 0 spiro atoms. The van der Waals surface area contributed by atoms with Crippen molar-refractivity contribution in [3.05, 3.63) is 66.3 Å². The SMILES string of the molecule is COc1cc(OC)cc(-c2cc3cnc(NC/C(N)=C/N(N)CCN4CCN(c5ccc(C(F)(F)F)cn5)CC4)nc3nc2NC(=O)NC(C)(C)C)c1. The van der Waals surface area contributed by atoms with Gasteiger partial charge in [0.2, 0.25) is 5.95 Å². The molecular weight excluding hydrogens is 693 g/mol. The van der Waals surface area contributed by atoms with Crippen LogP contribution in [0.2, 0.25) is 0 Å². The molecule has 0 bridgehead atoms. The first-order chi connectivity index (χ1) is 25.1. The third kappa shape index (κ3) is 10.7. The zero-order chi connectivity index (χ0) is 38.3. The molecule has 0 saturated carbocycles. The molecule has 1 fully saturated rings. The number of nitrogens with one attached hydrogen (secondary N) is 3. The number of anilines is 3. The summed E-state index contributed by atoms with van der Waals surface area (Å²) in [5.41, 5.74) is 7.09. The molecule has 1 aliphatic rings.